The number of amides is 1. The number of hydrogen-bond donors (Lipinski definition) is 1. The highest BCUT2D eigenvalue weighted by atomic mass is 16.2. The van der Waals surface area contributed by atoms with Gasteiger partial charge >= 0.3 is 0 Å². The zero-order valence-corrected chi connectivity index (χ0v) is 13.4. The zero-order chi connectivity index (χ0) is 15.4. The standard InChI is InChI=1S/C17H27N3O/c1-13-5-4-6-16(11-13)12-19-7-9-20(10-8-19)17(21)14(2)15(3)18/h4-6,11,14-15H,7-10,12,18H2,1-3H3. The third kappa shape index (κ3) is 4.29. The van der Waals surface area contributed by atoms with E-state index in [-0.39, 0.29) is 17.9 Å². The number of piperazine rings is 1. The Morgan fingerprint density at radius 2 is 1.90 bits per heavy atom. The van der Waals surface area contributed by atoms with Gasteiger partial charge in [-0.1, -0.05) is 36.8 Å². The lowest BCUT2D eigenvalue weighted by atomic mass is 10.0. The number of rotatable bonds is 4. The Labute approximate surface area is 127 Å². The smallest absolute Gasteiger partial charge is 0.227 e. The molecule has 0 aliphatic carbocycles. The van der Waals surface area contributed by atoms with E-state index in [1.54, 1.807) is 0 Å². The first-order valence-corrected chi connectivity index (χ1v) is 7.79. The molecular weight excluding hydrogens is 262 g/mol. The van der Waals surface area contributed by atoms with Crippen molar-refractivity contribution in [2.75, 3.05) is 26.2 Å². The van der Waals surface area contributed by atoms with E-state index in [4.69, 9.17) is 5.73 Å². The molecule has 2 rings (SSSR count). The van der Waals surface area contributed by atoms with E-state index >= 15 is 0 Å². The first-order valence-electron chi connectivity index (χ1n) is 7.79. The molecule has 0 radical (unpaired) electrons. The van der Waals surface area contributed by atoms with Gasteiger partial charge in [0.15, 0.2) is 0 Å². The second kappa shape index (κ2) is 7.05. The molecule has 2 unspecified atom stereocenters. The first kappa shape index (κ1) is 16.0. The number of aryl methyl sites for hydroxylation is 1. The second-order valence-corrected chi connectivity index (χ2v) is 6.24. The highest BCUT2D eigenvalue weighted by Crippen LogP contribution is 2.13. The van der Waals surface area contributed by atoms with Crippen LogP contribution in [0.4, 0.5) is 0 Å². The summed E-state index contributed by atoms with van der Waals surface area (Å²) < 4.78 is 0. The SMILES string of the molecule is Cc1cccc(CN2CCN(C(=O)C(C)C(C)N)CC2)c1. The minimum atomic E-state index is -0.0895. The van der Waals surface area contributed by atoms with Crippen LogP contribution in [-0.4, -0.2) is 47.9 Å². The van der Waals surface area contributed by atoms with Gasteiger partial charge in [-0.25, -0.2) is 0 Å². The van der Waals surface area contributed by atoms with Gasteiger partial charge in [-0.2, -0.15) is 0 Å². The number of nitrogens with zero attached hydrogens (tertiary/aromatic N) is 2. The predicted octanol–water partition coefficient (Wildman–Crippen LogP) is 1.62. The topological polar surface area (TPSA) is 49.6 Å². The fourth-order valence-corrected chi connectivity index (χ4v) is 2.71. The van der Waals surface area contributed by atoms with Crippen molar-refractivity contribution < 1.29 is 4.79 Å². The van der Waals surface area contributed by atoms with E-state index in [0.717, 1.165) is 32.7 Å². The Morgan fingerprint density at radius 3 is 2.48 bits per heavy atom. The van der Waals surface area contributed by atoms with E-state index in [1.165, 1.54) is 11.1 Å². The molecule has 2 N–H and O–H groups in total. The molecule has 1 aromatic carbocycles. The van der Waals surface area contributed by atoms with Crippen molar-refractivity contribution in [2.24, 2.45) is 11.7 Å². The van der Waals surface area contributed by atoms with E-state index in [1.807, 2.05) is 18.7 Å². The minimum Gasteiger partial charge on any atom is -0.340 e. The number of carbonyl (C=O) groups is 1. The van der Waals surface area contributed by atoms with Crippen LogP contribution in [0.25, 0.3) is 0 Å². The molecule has 1 heterocycles. The van der Waals surface area contributed by atoms with Crippen molar-refractivity contribution in [1.82, 2.24) is 9.80 Å². The molecule has 0 saturated carbocycles. The van der Waals surface area contributed by atoms with Crippen LogP contribution >= 0.6 is 0 Å². The highest BCUT2D eigenvalue weighted by molar-refractivity contribution is 5.79. The van der Waals surface area contributed by atoms with Crippen molar-refractivity contribution in [1.29, 1.82) is 0 Å². The van der Waals surface area contributed by atoms with Gasteiger partial charge in [0.2, 0.25) is 5.91 Å². The quantitative estimate of drug-likeness (QED) is 0.916. The molecule has 1 aliphatic rings. The monoisotopic (exact) mass is 289 g/mol. The number of carbonyl (C=O) groups excluding carboxylic acids is 1. The third-order valence-electron chi connectivity index (χ3n) is 4.35. The van der Waals surface area contributed by atoms with Crippen LogP contribution in [0.3, 0.4) is 0 Å². The Morgan fingerprint density at radius 1 is 1.24 bits per heavy atom. The van der Waals surface area contributed by atoms with Crippen molar-refractivity contribution in [3.05, 3.63) is 35.4 Å². The average Bonchev–Trinajstić information content (AvgIpc) is 2.46. The van der Waals surface area contributed by atoms with Crippen LogP contribution in [0, 0.1) is 12.8 Å². The van der Waals surface area contributed by atoms with Crippen LogP contribution < -0.4 is 5.73 Å². The van der Waals surface area contributed by atoms with Gasteiger partial charge in [0, 0.05) is 38.8 Å². The summed E-state index contributed by atoms with van der Waals surface area (Å²) >= 11 is 0. The summed E-state index contributed by atoms with van der Waals surface area (Å²) in [5.74, 6) is 0.105. The molecular formula is C17H27N3O. The Bertz CT molecular complexity index is 479. The van der Waals surface area contributed by atoms with Gasteiger partial charge in [-0.05, 0) is 19.4 Å². The van der Waals surface area contributed by atoms with E-state index in [2.05, 4.69) is 36.1 Å². The molecule has 1 saturated heterocycles. The molecule has 116 valence electrons. The van der Waals surface area contributed by atoms with Crippen LogP contribution in [0.15, 0.2) is 24.3 Å². The Hall–Kier alpha value is -1.39. The fraction of sp³-hybridized carbons (Fsp3) is 0.588. The van der Waals surface area contributed by atoms with Gasteiger partial charge in [-0.15, -0.1) is 0 Å². The van der Waals surface area contributed by atoms with Crippen LogP contribution in [-0.2, 0) is 11.3 Å². The molecule has 2 atom stereocenters. The molecule has 1 amide bonds. The average molecular weight is 289 g/mol. The minimum absolute atomic E-state index is 0.0807. The predicted molar refractivity (Wildman–Crippen MR) is 85.8 cm³/mol. The maximum absolute atomic E-state index is 12.3. The molecule has 1 fully saturated rings. The number of nitrogens with two attached hydrogens (primary N) is 1. The van der Waals surface area contributed by atoms with Crippen molar-refractivity contribution in [3.8, 4) is 0 Å². The van der Waals surface area contributed by atoms with Gasteiger partial charge in [-0.3, -0.25) is 9.69 Å². The third-order valence-corrected chi connectivity index (χ3v) is 4.35. The molecule has 4 heteroatoms. The van der Waals surface area contributed by atoms with E-state index < -0.39 is 0 Å². The van der Waals surface area contributed by atoms with Gasteiger partial charge in [0.1, 0.15) is 0 Å². The maximum Gasteiger partial charge on any atom is 0.227 e. The summed E-state index contributed by atoms with van der Waals surface area (Å²) in [6.07, 6.45) is 0. The Kier molecular flexibility index (Phi) is 5.37. The summed E-state index contributed by atoms with van der Waals surface area (Å²) in [6, 6.07) is 8.55. The Balaban J connectivity index is 1.84. The van der Waals surface area contributed by atoms with Gasteiger partial charge < -0.3 is 10.6 Å². The maximum atomic E-state index is 12.3. The molecule has 0 spiro atoms. The van der Waals surface area contributed by atoms with Crippen molar-refractivity contribution >= 4 is 5.91 Å². The summed E-state index contributed by atoms with van der Waals surface area (Å²) in [5, 5.41) is 0. The van der Waals surface area contributed by atoms with Crippen molar-refractivity contribution in [3.63, 3.8) is 0 Å². The van der Waals surface area contributed by atoms with Gasteiger partial charge in [0.25, 0.3) is 0 Å². The molecule has 4 nitrogen and oxygen atoms in total. The normalized spacial score (nSPS) is 19.3. The lowest BCUT2D eigenvalue weighted by Crippen LogP contribution is -2.51. The summed E-state index contributed by atoms with van der Waals surface area (Å²) in [7, 11) is 0. The summed E-state index contributed by atoms with van der Waals surface area (Å²) in [5.41, 5.74) is 8.47. The van der Waals surface area contributed by atoms with E-state index in [0.29, 0.717) is 0 Å². The molecule has 1 aromatic rings. The number of benzene rings is 1. The highest BCUT2D eigenvalue weighted by Gasteiger charge is 2.26. The molecule has 21 heavy (non-hydrogen) atoms. The van der Waals surface area contributed by atoms with Crippen LogP contribution in [0.1, 0.15) is 25.0 Å². The molecule has 1 aliphatic heterocycles. The zero-order valence-electron chi connectivity index (χ0n) is 13.4. The van der Waals surface area contributed by atoms with Crippen LogP contribution in [0.5, 0.6) is 0 Å². The second-order valence-electron chi connectivity index (χ2n) is 6.24. The fourth-order valence-electron chi connectivity index (χ4n) is 2.71. The van der Waals surface area contributed by atoms with Crippen molar-refractivity contribution in [2.45, 2.75) is 33.4 Å². The number of hydrogen-bond acceptors (Lipinski definition) is 3. The summed E-state index contributed by atoms with van der Waals surface area (Å²) in [6.45, 7) is 10.4. The molecule has 0 aromatic heterocycles. The van der Waals surface area contributed by atoms with Gasteiger partial charge in [0.05, 0.1) is 5.92 Å². The lowest BCUT2D eigenvalue weighted by Gasteiger charge is -2.36. The summed E-state index contributed by atoms with van der Waals surface area (Å²) in [4.78, 5) is 16.6. The lowest BCUT2D eigenvalue weighted by molar-refractivity contribution is -0.137. The van der Waals surface area contributed by atoms with Crippen LogP contribution in [0.2, 0.25) is 0 Å². The van der Waals surface area contributed by atoms with E-state index in [9.17, 15) is 4.79 Å². The first-order chi connectivity index (χ1) is 9.97. The largest absolute Gasteiger partial charge is 0.340 e. The molecule has 0 bridgehead atoms.